The largest absolute Gasteiger partial charge is 0.463 e. The quantitative estimate of drug-likeness (QED) is 0.672. The number of aryl methyl sites for hydroxylation is 1. The van der Waals surface area contributed by atoms with E-state index in [1.807, 2.05) is 19.1 Å². The highest BCUT2D eigenvalue weighted by Crippen LogP contribution is 2.22. The van der Waals surface area contributed by atoms with Gasteiger partial charge in [0.15, 0.2) is 0 Å². The van der Waals surface area contributed by atoms with Crippen LogP contribution in [0, 0.1) is 6.92 Å². The molecule has 0 aliphatic carbocycles. The van der Waals surface area contributed by atoms with Crippen LogP contribution in [0.25, 0.3) is 11.0 Å². The van der Waals surface area contributed by atoms with Crippen LogP contribution in [0.15, 0.2) is 41.1 Å². The van der Waals surface area contributed by atoms with Crippen LogP contribution in [0.1, 0.15) is 24.0 Å². The van der Waals surface area contributed by atoms with Crippen molar-refractivity contribution in [3.05, 3.63) is 53.7 Å². The molecule has 6 nitrogen and oxygen atoms in total. The molecule has 1 unspecified atom stereocenters. The fraction of sp³-hybridized carbons (Fsp3) is 0.294. The Morgan fingerprint density at radius 3 is 3.00 bits per heavy atom. The topological polar surface area (TPSA) is 91.2 Å². The molecule has 0 saturated carbocycles. The average Bonchev–Trinajstić information content (AvgIpc) is 3.13. The van der Waals surface area contributed by atoms with Crippen molar-refractivity contribution < 1.29 is 14.3 Å². The molecule has 1 amide bonds. The van der Waals surface area contributed by atoms with Crippen LogP contribution in [-0.4, -0.2) is 27.5 Å². The molecule has 6 heteroatoms. The zero-order chi connectivity index (χ0) is 16.4. The van der Waals surface area contributed by atoms with E-state index in [-0.39, 0.29) is 18.9 Å². The highest BCUT2D eigenvalue weighted by atomic mass is 16.4. The Balaban J connectivity index is 1.63. The van der Waals surface area contributed by atoms with Gasteiger partial charge in [0.25, 0.3) is 0 Å². The molecule has 0 aliphatic rings. The number of hydrogen-bond donors (Lipinski definition) is 3. The number of amides is 1. The van der Waals surface area contributed by atoms with E-state index in [2.05, 4.69) is 15.3 Å². The second-order valence-corrected chi connectivity index (χ2v) is 5.85. The number of aromatic amines is 1. The normalized spacial score (nSPS) is 13.9. The molecule has 0 bridgehead atoms. The Morgan fingerprint density at radius 1 is 1.43 bits per heavy atom. The summed E-state index contributed by atoms with van der Waals surface area (Å²) < 4.78 is 5.43. The van der Waals surface area contributed by atoms with Crippen molar-refractivity contribution >= 4 is 16.9 Å². The summed E-state index contributed by atoms with van der Waals surface area (Å²) in [6.07, 6.45) is 3.70. The lowest BCUT2D eigenvalue weighted by Crippen LogP contribution is -2.39. The van der Waals surface area contributed by atoms with Gasteiger partial charge in [0, 0.05) is 17.8 Å². The third kappa shape index (κ3) is 3.27. The number of rotatable bonds is 5. The Kier molecular flexibility index (Phi) is 3.92. The first kappa shape index (κ1) is 15.3. The predicted octanol–water partition coefficient (Wildman–Crippen LogP) is 2.03. The van der Waals surface area contributed by atoms with E-state index in [0.29, 0.717) is 5.76 Å². The van der Waals surface area contributed by atoms with Crippen LogP contribution in [0.2, 0.25) is 0 Å². The van der Waals surface area contributed by atoms with Gasteiger partial charge in [-0.15, -0.1) is 0 Å². The van der Waals surface area contributed by atoms with Crippen molar-refractivity contribution in [2.45, 2.75) is 25.9 Å². The van der Waals surface area contributed by atoms with Gasteiger partial charge in [-0.05, 0) is 43.7 Å². The van der Waals surface area contributed by atoms with Crippen molar-refractivity contribution in [2.75, 3.05) is 6.54 Å². The number of furan rings is 1. The lowest BCUT2D eigenvalue weighted by Gasteiger charge is -2.21. The van der Waals surface area contributed by atoms with Crippen molar-refractivity contribution in [3.63, 3.8) is 0 Å². The van der Waals surface area contributed by atoms with Crippen molar-refractivity contribution in [3.8, 4) is 0 Å². The van der Waals surface area contributed by atoms with Gasteiger partial charge in [0.05, 0.1) is 13.0 Å². The monoisotopic (exact) mass is 313 g/mol. The van der Waals surface area contributed by atoms with E-state index < -0.39 is 5.60 Å². The van der Waals surface area contributed by atoms with Gasteiger partial charge in [-0.1, -0.05) is 0 Å². The van der Waals surface area contributed by atoms with Crippen molar-refractivity contribution in [1.82, 2.24) is 15.3 Å². The third-order valence-electron chi connectivity index (χ3n) is 3.79. The highest BCUT2D eigenvalue weighted by Gasteiger charge is 2.27. The Hall–Kier alpha value is -2.60. The first-order valence-electron chi connectivity index (χ1n) is 7.43. The fourth-order valence-corrected chi connectivity index (χ4v) is 2.48. The zero-order valence-corrected chi connectivity index (χ0v) is 13.1. The van der Waals surface area contributed by atoms with E-state index in [4.69, 9.17) is 4.42 Å². The van der Waals surface area contributed by atoms with E-state index in [9.17, 15) is 9.90 Å². The maximum Gasteiger partial charge on any atom is 0.224 e. The summed E-state index contributed by atoms with van der Waals surface area (Å²) in [4.78, 5) is 19.4. The molecule has 0 saturated heterocycles. The molecule has 0 fully saturated rings. The number of pyridine rings is 1. The number of aromatic nitrogens is 2. The van der Waals surface area contributed by atoms with Crippen molar-refractivity contribution in [2.24, 2.45) is 0 Å². The van der Waals surface area contributed by atoms with Gasteiger partial charge in [-0.25, -0.2) is 4.98 Å². The molecular formula is C17H19N3O3. The van der Waals surface area contributed by atoms with Gasteiger partial charge < -0.3 is 19.8 Å². The number of nitrogens with zero attached hydrogens (tertiary/aromatic N) is 1. The average molecular weight is 313 g/mol. The SMILES string of the molecule is Cc1ccc(C(C)(O)CNC(=O)Cc2c[nH]c3ncccc23)o1. The number of nitrogens with one attached hydrogen (secondary N) is 2. The molecular weight excluding hydrogens is 294 g/mol. The van der Waals surface area contributed by atoms with Crippen molar-refractivity contribution in [1.29, 1.82) is 0 Å². The molecule has 3 aromatic heterocycles. The standard InChI is InChI=1S/C17H19N3O3/c1-11-5-6-14(23-11)17(2,22)10-20-15(21)8-12-9-19-16-13(12)4-3-7-18-16/h3-7,9,22H,8,10H2,1-2H3,(H,18,19)(H,20,21). The summed E-state index contributed by atoms with van der Waals surface area (Å²) in [5, 5.41) is 14.1. The number of fused-ring (bicyclic) bond motifs is 1. The fourth-order valence-electron chi connectivity index (χ4n) is 2.48. The number of carbonyl (C=O) groups excluding carboxylic acids is 1. The summed E-state index contributed by atoms with van der Waals surface area (Å²) in [7, 11) is 0. The number of H-pyrrole nitrogens is 1. The van der Waals surface area contributed by atoms with E-state index >= 15 is 0 Å². The first-order valence-corrected chi connectivity index (χ1v) is 7.43. The van der Waals surface area contributed by atoms with E-state index in [1.165, 1.54) is 0 Å². The smallest absolute Gasteiger partial charge is 0.224 e. The van der Waals surface area contributed by atoms with Crippen LogP contribution in [0.5, 0.6) is 0 Å². The molecule has 0 aromatic carbocycles. The summed E-state index contributed by atoms with van der Waals surface area (Å²) in [5.74, 6) is 0.989. The molecule has 3 aromatic rings. The number of carbonyl (C=O) groups is 1. The van der Waals surface area contributed by atoms with Crippen LogP contribution in [-0.2, 0) is 16.8 Å². The maximum absolute atomic E-state index is 12.2. The van der Waals surface area contributed by atoms with Gasteiger partial charge in [-0.2, -0.15) is 0 Å². The Morgan fingerprint density at radius 2 is 2.26 bits per heavy atom. The van der Waals surface area contributed by atoms with Crippen LogP contribution < -0.4 is 5.32 Å². The van der Waals surface area contributed by atoms with Gasteiger partial charge in [0.1, 0.15) is 22.8 Å². The van der Waals surface area contributed by atoms with Gasteiger partial charge >= 0.3 is 0 Å². The molecule has 120 valence electrons. The second kappa shape index (κ2) is 5.89. The second-order valence-electron chi connectivity index (χ2n) is 5.85. The third-order valence-corrected chi connectivity index (χ3v) is 3.79. The number of aliphatic hydroxyl groups is 1. The minimum Gasteiger partial charge on any atom is -0.463 e. The first-order chi connectivity index (χ1) is 11.0. The molecule has 0 spiro atoms. The van der Waals surface area contributed by atoms with Gasteiger partial charge in [0.2, 0.25) is 5.91 Å². The van der Waals surface area contributed by atoms with E-state index in [1.54, 1.807) is 31.5 Å². The van der Waals surface area contributed by atoms with Crippen LogP contribution >= 0.6 is 0 Å². The molecule has 23 heavy (non-hydrogen) atoms. The Labute approximate surface area is 133 Å². The molecule has 1 atom stereocenters. The van der Waals surface area contributed by atoms with E-state index in [0.717, 1.165) is 22.4 Å². The number of hydrogen-bond acceptors (Lipinski definition) is 4. The Bertz CT molecular complexity index is 832. The zero-order valence-electron chi connectivity index (χ0n) is 13.1. The minimum atomic E-state index is -1.24. The molecule has 3 heterocycles. The lowest BCUT2D eigenvalue weighted by molar-refractivity contribution is -0.121. The highest BCUT2D eigenvalue weighted by molar-refractivity contribution is 5.87. The summed E-state index contributed by atoms with van der Waals surface area (Å²) in [6, 6.07) is 7.25. The lowest BCUT2D eigenvalue weighted by atomic mass is 10.0. The van der Waals surface area contributed by atoms with Crippen LogP contribution in [0.3, 0.4) is 0 Å². The molecule has 0 radical (unpaired) electrons. The predicted molar refractivity (Wildman–Crippen MR) is 85.8 cm³/mol. The molecule has 0 aliphatic heterocycles. The maximum atomic E-state index is 12.2. The summed E-state index contributed by atoms with van der Waals surface area (Å²) in [5.41, 5.74) is 0.388. The van der Waals surface area contributed by atoms with Crippen LogP contribution in [0.4, 0.5) is 0 Å². The molecule has 3 rings (SSSR count). The van der Waals surface area contributed by atoms with Gasteiger partial charge in [-0.3, -0.25) is 4.79 Å². The summed E-state index contributed by atoms with van der Waals surface area (Å²) in [6.45, 7) is 3.50. The minimum absolute atomic E-state index is 0.0827. The summed E-state index contributed by atoms with van der Waals surface area (Å²) >= 11 is 0. The molecule has 3 N–H and O–H groups in total.